The fourth-order valence-corrected chi connectivity index (χ4v) is 1.61. The molecule has 5 nitrogen and oxygen atoms in total. The number of carboxylic acid groups (broad SMARTS) is 1. The van der Waals surface area contributed by atoms with Gasteiger partial charge in [-0.1, -0.05) is 0 Å². The zero-order valence-electron chi connectivity index (χ0n) is 7.56. The lowest BCUT2D eigenvalue weighted by atomic mass is 9.76. The van der Waals surface area contributed by atoms with Crippen LogP contribution in [-0.4, -0.2) is 29.3 Å². The molecule has 0 spiro atoms. The fraction of sp³-hybridized carbons (Fsp3) is 0.444. The Bertz CT molecular complexity index is 330. The number of aromatic nitrogens is 1. The van der Waals surface area contributed by atoms with Gasteiger partial charge in [0.05, 0.1) is 19.3 Å². The Morgan fingerprint density at radius 3 is 2.79 bits per heavy atom. The lowest BCUT2D eigenvalue weighted by molar-refractivity contribution is -0.184. The highest BCUT2D eigenvalue weighted by Crippen LogP contribution is 2.39. The Kier molecular flexibility index (Phi) is 2.05. The van der Waals surface area contributed by atoms with Crippen molar-refractivity contribution in [3.05, 3.63) is 24.0 Å². The third-order valence-corrected chi connectivity index (χ3v) is 2.72. The number of nitrogens with one attached hydrogen (secondary N) is 1. The lowest BCUT2D eigenvalue weighted by Gasteiger charge is -2.41. The fourth-order valence-electron chi connectivity index (χ4n) is 1.61. The Hall–Kier alpha value is -1.33. The SMILES string of the molecule is NC(c1cc[nH]c1)C1(C(=O)O)COC1. The summed E-state index contributed by atoms with van der Waals surface area (Å²) in [6, 6.07) is 1.27. The van der Waals surface area contributed by atoms with Crippen LogP contribution in [0.25, 0.3) is 0 Å². The average Bonchev–Trinajstić information content (AvgIpc) is 2.51. The van der Waals surface area contributed by atoms with Crippen LogP contribution >= 0.6 is 0 Å². The van der Waals surface area contributed by atoms with E-state index < -0.39 is 17.4 Å². The largest absolute Gasteiger partial charge is 0.481 e. The number of aliphatic carboxylic acids is 1. The van der Waals surface area contributed by atoms with E-state index in [9.17, 15) is 4.79 Å². The van der Waals surface area contributed by atoms with Crippen molar-refractivity contribution >= 4 is 5.97 Å². The van der Waals surface area contributed by atoms with Gasteiger partial charge in [0, 0.05) is 12.4 Å². The first-order valence-corrected chi connectivity index (χ1v) is 4.36. The van der Waals surface area contributed by atoms with Gasteiger partial charge >= 0.3 is 5.97 Å². The third kappa shape index (κ3) is 1.13. The number of hydrogen-bond acceptors (Lipinski definition) is 3. The molecular weight excluding hydrogens is 184 g/mol. The normalized spacial score (nSPS) is 21.2. The number of carboxylic acids is 1. The predicted octanol–water partition coefficient (Wildman–Crippen LogP) is 0.116. The van der Waals surface area contributed by atoms with Crippen molar-refractivity contribution in [2.45, 2.75) is 6.04 Å². The monoisotopic (exact) mass is 196 g/mol. The first kappa shape index (κ1) is 9.23. The molecule has 0 radical (unpaired) electrons. The molecule has 0 amide bonds. The van der Waals surface area contributed by atoms with Crippen LogP contribution in [0.1, 0.15) is 11.6 Å². The molecule has 0 saturated carbocycles. The summed E-state index contributed by atoms with van der Waals surface area (Å²) in [4.78, 5) is 13.9. The summed E-state index contributed by atoms with van der Waals surface area (Å²) >= 11 is 0. The summed E-state index contributed by atoms with van der Waals surface area (Å²) in [5.41, 5.74) is 5.76. The Morgan fingerprint density at radius 1 is 1.71 bits per heavy atom. The van der Waals surface area contributed by atoms with Gasteiger partial charge in [-0.15, -0.1) is 0 Å². The molecule has 0 aromatic carbocycles. The smallest absolute Gasteiger partial charge is 0.316 e. The van der Waals surface area contributed by atoms with Gasteiger partial charge in [-0.2, -0.15) is 0 Å². The van der Waals surface area contributed by atoms with E-state index in [-0.39, 0.29) is 13.2 Å². The van der Waals surface area contributed by atoms with Crippen LogP contribution in [0.3, 0.4) is 0 Å². The van der Waals surface area contributed by atoms with Crippen molar-refractivity contribution in [2.75, 3.05) is 13.2 Å². The van der Waals surface area contributed by atoms with Gasteiger partial charge < -0.3 is 20.6 Å². The maximum absolute atomic E-state index is 11.1. The molecule has 1 unspecified atom stereocenters. The van der Waals surface area contributed by atoms with Crippen LogP contribution in [0.15, 0.2) is 18.5 Å². The summed E-state index contributed by atoms with van der Waals surface area (Å²) in [6.07, 6.45) is 3.44. The van der Waals surface area contributed by atoms with Gasteiger partial charge in [0.15, 0.2) is 0 Å². The van der Waals surface area contributed by atoms with Crippen LogP contribution in [-0.2, 0) is 9.53 Å². The minimum Gasteiger partial charge on any atom is -0.481 e. The second-order valence-electron chi connectivity index (χ2n) is 3.58. The number of aromatic amines is 1. The molecular formula is C9H12N2O3. The summed E-state index contributed by atoms with van der Waals surface area (Å²) < 4.78 is 4.95. The van der Waals surface area contributed by atoms with E-state index in [1.165, 1.54) is 0 Å². The molecule has 1 aromatic rings. The van der Waals surface area contributed by atoms with E-state index in [1.807, 2.05) is 0 Å². The Balaban J connectivity index is 2.25. The summed E-state index contributed by atoms with van der Waals surface area (Å²) in [5.74, 6) is -0.891. The van der Waals surface area contributed by atoms with Crippen LogP contribution in [0.4, 0.5) is 0 Å². The summed E-state index contributed by atoms with van der Waals surface area (Å²) in [6.45, 7) is 0.378. The number of hydrogen-bond donors (Lipinski definition) is 3. The molecule has 2 rings (SSSR count). The summed E-state index contributed by atoms with van der Waals surface area (Å²) in [5, 5.41) is 9.08. The molecule has 1 aliphatic heterocycles. The van der Waals surface area contributed by atoms with Gasteiger partial charge in [-0.25, -0.2) is 0 Å². The maximum atomic E-state index is 11.1. The van der Waals surface area contributed by atoms with Crippen LogP contribution in [0, 0.1) is 5.41 Å². The molecule has 1 atom stereocenters. The molecule has 2 heterocycles. The Labute approximate surface area is 80.9 Å². The molecule has 4 N–H and O–H groups in total. The number of carbonyl (C=O) groups is 1. The van der Waals surface area contributed by atoms with Gasteiger partial charge in [-0.3, -0.25) is 4.79 Å². The van der Waals surface area contributed by atoms with E-state index in [1.54, 1.807) is 18.5 Å². The Morgan fingerprint density at radius 2 is 2.43 bits per heavy atom. The molecule has 76 valence electrons. The van der Waals surface area contributed by atoms with E-state index in [0.717, 1.165) is 5.56 Å². The highest BCUT2D eigenvalue weighted by molar-refractivity contribution is 5.77. The minimum absolute atomic E-state index is 0.189. The van der Waals surface area contributed by atoms with Gasteiger partial charge in [0.25, 0.3) is 0 Å². The van der Waals surface area contributed by atoms with Crippen LogP contribution in [0.5, 0.6) is 0 Å². The van der Waals surface area contributed by atoms with Crippen LogP contribution < -0.4 is 5.73 Å². The van der Waals surface area contributed by atoms with Gasteiger partial charge in [0.1, 0.15) is 5.41 Å². The zero-order valence-corrected chi connectivity index (χ0v) is 7.56. The van der Waals surface area contributed by atoms with Crippen molar-refractivity contribution < 1.29 is 14.6 Å². The third-order valence-electron chi connectivity index (χ3n) is 2.72. The maximum Gasteiger partial charge on any atom is 0.316 e. The van der Waals surface area contributed by atoms with E-state index in [0.29, 0.717) is 0 Å². The number of rotatable bonds is 3. The molecule has 1 saturated heterocycles. The van der Waals surface area contributed by atoms with Crippen LogP contribution in [0.2, 0.25) is 0 Å². The van der Waals surface area contributed by atoms with Gasteiger partial charge in [0.2, 0.25) is 0 Å². The lowest BCUT2D eigenvalue weighted by Crippen LogP contribution is -2.55. The second kappa shape index (κ2) is 3.11. The van der Waals surface area contributed by atoms with E-state index in [4.69, 9.17) is 15.6 Å². The topological polar surface area (TPSA) is 88.3 Å². The first-order valence-electron chi connectivity index (χ1n) is 4.36. The van der Waals surface area contributed by atoms with Crippen molar-refractivity contribution in [1.29, 1.82) is 0 Å². The molecule has 1 fully saturated rings. The number of ether oxygens (including phenoxy) is 1. The first-order chi connectivity index (χ1) is 6.67. The van der Waals surface area contributed by atoms with Gasteiger partial charge in [-0.05, 0) is 11.6 Å². The van der Waals surface area contributed by atoms with Crippen molar-refractivity contribution in [3.63, 3.8) is 0 Å². The van der Waals surface area contributed by atoms with E-state index in [2.05, 4.69) is 4.98 Å². The average molecular weight is 196 g/mol. The molecule has 14 heavy (non-hydrogen) atoms. The molecule has 0 bridgehead atoms. The minimum atomic E-state index is -0.942. The summed E-state index contributed by atoms with van der Waals surface area (Å²) in [7, 11) is 0. The molecule has 1 aromatic heterocycles. The highest BCUT2D eigenvalue weighted by atomic mass is 16.5. The second-order valence-corrected chi connectivity index (χ2v) is 3.58. The van der Waals surface area contributed by atoms with Crippen molar-refractivity contribution in [2.24, 2.45) is 11.1 Å². The van der Waals surface area contributed by atoms with Crippen molar-refractivity contribution in [1.82, 2.24) is 4.98 Å². The van der Waals surface area contributed by atoms with Crippen molar-refractivity contribution in [3.8, 4) is 0 Å². The number of H-pyrrole nitrogens is 1. The highest BCUT2D eigenvalue weighted by Gasteiger charge is 2.51. The number of nitrogens with two attached hydrogens (primary N) is 1. The standard InChI is InChI=1S/C9H12N2O3/c10-7(6-1-2-11-3-6)9(8(12)13)4-14-5-9/h1-3,7,11H,4-5,10H2,(H,12,13). The molecule has 0 aliphatic carbocycles. The quantitative estimate of drug-likeness (QED) is 0.640. The zero-order chi connectivity index (χ0) is 10.2. The molecule has 5 heteroatoms. The van der Waals surface area contributed by atoms with E-state index >= 15 is 0 Å². The molecule has 1 aliphatic rings. The predicted molar refractivity (Wildman–Crippen MR) is 48.6 cm³/mol.